The molecule has 0 saturated heterocycles. The fourth-order valence-corrected chi connectivity index (χ4v) is 1.04. The predicted octanol–water partition coefficient (Wildman–Crippen LogP) is -0.880. The van der Waals surface area contributed by atoms with E-state index in [0.29, 0.717) is 19.6 Å². The van der Waals surface area contributed by atoms with Crippen LogP contribution < -0.4 is 16.8 Å². The highest BCUT2D eigenvalue weighted by molar-refractivity contribution is 5.87. The van der Waals surface area contributed by atoms with Crippen LogP contribution in [-0.2, 0) is 14.3 Å². The molecule has 1 atom stereocenters. The lowest BCUT2D eigenvalue weighted by molar-refractivity contribution is -0.126. The van der Waals surface area contributed by atoms with Gasteiger partial charge in [0.1, 0.15) is 0 Å². The molecule has 6 heteroatoms. The van der Waals surface area contributed by atoms with E-state index in [2.05, 4.69) is 5.32 Å². The van der Waals surface area contributed by atoms with Crippen molar-refractivity contribution in [2.45, 2.75) is 38.8 Å². The van der Waals surface area contributed by atoms with E-state index in [0.717, 1.165) is 0 Å². The van der Waals surface area contributed by atoms with Crippen molar-refractivity contribution in [1.82, 2.24) is 5.32 Å². The average Bonchev–Trinajstić information content (AvgIpc) is 2.15. The van der Waals surface area contributed by atoms with Gasteiger partial charge in [0, 0.05) is 13.2 Å². The predicted molar refractivity (Wildman–Crippen MR) is 60.5 cm³/mol. The molecule has 2 amide bonds. The van der Waals surface area contributed by atoms with Crippen molar-refractivity contribution >= 4 is 11.8 Å². The number of primary amides is 1. The van der Waals surface area contributed by atoms with Gasteiger partial charge in [-0.3, -0.25) is 9.59 Å². The van der Waals surface area contributed by atoms with Crippen LogP contribution in [0, 0.1) is 0 Å². The van der Waals surface area contributed by atoms with Crippen LogP contribution in [0.4, 0.5) is 0 Å². The van der Waals surface area contributed by atoms with E-state index in [4.69, 9.17) is 16.2 Å². The second kappa shape index (κ2) is 8.06. The molecule has 0 radical (unpaired) electrons. The Morgan fingerprint density at radius 2 is 2.00 bits per heavy atom. The van der Waals surface area contributed by atoms with Gasteiger partial charge in [0.05, 0.1) is 18.6 Å². The van der Waals surface area contributed by atoms with Crippen molar-refractivity contribution in [2.24, 2.45) is 11.5 Å². The van der Waals surface area contributed by atoms with Gasteiger partial charge in [-0.2, -0.15) is 0 Å². The van der Waals surface area contributed by atoms with E-state index in [1.54, 1.807) is 0 Å². The molecule has 0 aliphatic heterocycles. The fourth-order valence-electron chi connectivity index (χ4n) is 1.04. The maximum Gasteiger partial charge on any atom is 0.237 e. The second-order valence-electron chi connectivity index (χ2n) is 3.84. The topological polar surface area (TPSA) is 107 Å². The molecule has 94 valence electrons. The van der Waals surface area contributed by atoms with Crippen LogP contribution in [0.25, 0.3) is 0 Å². The van der Waals surface area contributed by atoms with Crippen LogP contribution in [0.5, 0.6) is 0 Å². The first kappa shape index (κ1) is 14.9. The van der Waals surface area contributed by atoms with Crippen LogP contribution in [0.3, 0.4) is 0 Å². The minimum Gasteiger partial charge on any atom is -0.379 e. The minimum atomic E-state index is -0.858. The summed E-state index contributed by atoms with van der Waals surface area (Å²) in [5, 5.41) is 2.61. The second-order valence-corrected chi connectivity index (χ2v) is 3.84. The third kappa shape index (κ3) is 8.19. The van der Waals surface area contributed by atoms with Crippen molar-refractivity contribution in [1.29, 1.82) is 0 Å². The van der Waals surface area contributed by atoms with Gasteiger partial charge in [0.2, 0.25) is 11.8 Å². The highest BCUT2D eigenvalue weighted by atomic mass is 16.5. The Kier molecular flexibility index (Phi) is 7.49. The zero-order chi connectivity index (χ0) is 12.6. The van der Waals surface area contributed by atoms with Gasteiger partial charge in [-0.25, -0.2) is 0 Å². The molecule has 0 aliphatic rings. The lowest BCUT2D eigenvalue weighted by atomic mass is 10.2. The quantitative estimate of drug-likeness (QED) is 0.471. The normalized spacial score (nSPS) is 12.5. The van der Waals surface area contributed by atoms with Crippen LogP contribution in [0.1, 0.15) is 26.7 Å². The van der Waals surface area contributed by atoms with Gasteiger partial charge < -0.3 is 21.5 Å². The molecule has 0 bridgehead atoms. The number of hydrogen-bond acceptors (Lipinski definition) is 4. The molecule has 0 spiro atoms. The number of ether oxygens (including phenoxy) is 1. The standard InChI is InChI=1S/C10H21N3O3/c1-7(2)16-5-3-4-13-10(15)8(11)6-9(12)14/h7-8H,3-6,11H2,1-2H3,(H2,12,14)(H,13,15). The molecular formula is C10H21N3O3. The van der Waals surface area contributed by atoms with E-state index >= 15 is 0 Å². The highest BCUT2D eigenvalue weighted by Crippen LogP contribution is 1.90. The zero-order valence-corrected chi connectivity index (χ0v) is 9.86. The molecule has 1 unspecified atom stereocenters. The van der Waals surface area contributed by atoms with Crippen molar-refractivity contribution in [3.63, 3.8) is 0 Å². The average molecular weight is 231 g/mol. The third-order valence-electron chi connectivity index (χ3n) is 1.83. The van der Waals surface area contributed by atoms with E-state index in [1.807, 2.05) is 13.8 Å². The maximum atomic E-state index is 11.3. The maximum absolute atomic E-state index is 11.3. The molecule has 0 heterocycles. The fraction of sp³-hybridized carbons (Fsp3) is 0.800. The molecule has 6 nitrogen and oxygen atoms in total. The summed E-state index contributed by atoms with van der Waals surface area (Å²) in [6.45, 7) is 4.96. The molecule has 0 rings (SSSR count). The van der Waals surface area contributed by atoms with Crippen molar-refractivity contribution in [3.8, 4) is 0 Å². The van der Waals surface area contributed by atoms with Gasteiger partial charge in [-0.15, -0.1) is 0 Å². The van der Waals surface area contributed by atoms with Gasteiger partial charge in [0.25, 0.3) is 0 Å². The Balaban J connectivity index is 3.53. The van der Waals surface area contributed by atoms with Crippen LogP contribution >= 0.6 is 0 Å². The molecular weight excluding hydrogens is 210 g/mol. The summed E-state index contributed by atoms with van der Waals surface area (Å²) < 4.78 is 5.29. The lowest BCUT2D eigenvalue weighted by Gasteiger charge is -2.11. The lowest BCUT2D eigenvalue weighted by Crippen LogP contribution is -2.43. The van der Waals surface area contributed by atoms with Crippen molar-refractivity contribution in [3.05, 3.63) is 0 Å². The van der Waals surface area contributed by atoms with Crippen LogP contribution in [-0.4, -0.2) is 37.1 Å². The Bertz CT molecular complexity index is 231. The smallest absolute Gasteiger partial charge is 0.237 e. The minimum absolute atomic E-state index is 0.131. The zero-order valence-electron chi connectivity index (χ0n) is 9.86. The van der Waals surface area contributed by atoms with E-state index in [9.17, 15) is 9.59 Å². The first-order valence-corrected chi connectivity index (χ1v) is 5.36. The number of amides is 2. The summed E-state index contributed by atoms with van der Waals surface area (Å²) in [5.41, 5.74) is 10.4. The number of hydrogen-bond donors (Lipinski definition) is 3. The Morgan fingerprint density at radius 1 is 1.38 bits per heavy atom. The summed E-state index contributed by atoms with van der Waals surface area (Å²) in [7, 11) is 0. The monoisotopic (exact) mass is 231 g/mol. The first-order chi connectivity index (χ1) is 7.43. The summed E-state index contributed by atoms with van der Waals surface area (Å²) in [6, 6.07) is -0.858. The molecule has 16 heavy (non-hydrogen) atoms. The van der Waals surface area contributed by atoms with E-state index < -0.39 is 11.9 Å². The summed E-state index contributed by atoms with van der Waals surface area (Å²) in [6.07, 6.45) is 0.773. The third-order valence-corrected chi connectivity index (χ3v) is 1.83. The molecule has 0 aliphatic carbocycles. The molecule has 5 N–H and O–H groups in total. The number of rotatable bonds is 8. The number of carbonyl (C=O) groups is 2. The van der Waals surface area contributed by atoms with Gasteiger partial charge in [0.15, 0.2) is 0 Å². The largest absolute Gasteiger partial charge is 0.379 e. The molecule has 0 aromatic heterocycles. The molecule has 0 aromatic rings. The molecule has 0 fully saturated rings. The summed E-state index contributed by atoms with van der Waals surface area (Å²) in [5.74, 6) is -0.936. The SMILES string of the molecule is CC(C)OCCCNC(=O)C(N)CC(N)=O. The van der Waals surface area contributed by atoms with Gasteiger partial charge in [-0.1, -0.05) is 0 Å². The van der Waals surface area contributed by atoms with Gasteiger partial charge in [-0.05, 0) is 20.3 Å². The van der Waals surface area contributed by atoms with Crippen LogP contribution in [0.2, 0.25) is 0 Å². The van der Waals surface area contributed by atoms with E-state index in [-0.39, 0.29) is 18.4 Å². The Morgan fingerprint density at radius 3 is 2.50 bits per heavy atom. The van der Waals surface area contributed by atoms with Gasteiger partial charge >= 0.3 is 0 Å². The van der Waals surface area contributed by atoms with Crippen LogP contribution in [0.15, 0.2) is 0 Å². The number of nitrogens with one attached hydrogen (secondary N) is 1. The van der Waals surface area contributed by atoms with E-state index in [1.165, 1.54) is 0 Å². The summed E-state index contributed by atoms with van der Waals surface area (Å²) in [4.78, 5) is 21.8. The number of nitrogens with two attached hydrogens (primary N) is 2. The highest BCUT2D eigenvalue weighted by Gasteiger charge is 2.14. The Hall–Kier alpha value is -1.14. The summed E-state index contributed by atoms with van der Waals surface area (Å²) >= 11 is 0. The van der Waals surface area contributed by atoms with Crippen molar-refractivity contribution in [2.75, 3.05) is 13.2 Å². The number of carbonyl (C=O) groups excluding carboxylic acids is 2. The first-order valence-electron chi connectivity index (χ1n) is 5.36. The molecule has 0 saturated carbocycles. The van der Waals surface area contributed by atoms with Crippen molar-refractivity contribution < 1.29 is 14.3 Å². The molecule has 0 aromatic carbocycles. The Labute approximate surface area is 95.7 Å².